The van der Waals surface area contributed by atoms with E-state index in [0.717, 1.165) is 24.7 Å². The zero-order valence-corrected chi connectivity index (χ0v) is 13.2. The average Bonchev–Trinajstić information content (AvgIpc) is 2.46. The fourth-order valence-corrected chi connectivity index (χ4v) is 3.02. The van der Waals surface area contributed by atoms with Crippen LogP contribution in [-0.2, 0) is 0 Å². The monoisotopic (exact) mass is 275 g/mol. The van der Waals surface area contributed by atoms with Crippen LogP contribution in [0.15, 0.2) is 18.3 Å². The number of anilines is 1. The Bertz CT molecular complexity index is 386. The van der Waals surface area contributed by atoms with Gasteiger partial charge in [-0.25, -0.2) is 4.98 Å². The summed E-state index contributed by atoms with van der Waals surface area (Å²) in [7, 11) is 0. The van der Waals surface area contributed by atoms with E-state index in [4.69, 9.17) is 0 Å². The molecule has 1 aromatic heterocycles. The van der Waals surface area contributed by atoms with Gasteiger partial charge in [-0.2, -0.15) is 0 Å². The van der Waals surface area contributed by atoms with Gasteiger partial charge in [0.25, 0.3) is 0 Å². The summed E-state index contributed by atoms with van der Waals surface area (Å²) in [6, 6.07) is 4.96. The van der Waals surface area contributed by atoms with E-state index in [1.807, 2.05) is 0 Å². The summed E-state index contributed by atoms with van der Waals surface area (Å²) < 4.78 is 0. The summed E-state index contributed by atoms with van der Waals surface area (Å²) in [5, 5.41) is 3.34. The number of nitrogens with one attached hydrogen (secondary N) is 1. The molecular formula is C17H29N3. The van der Waals surface area contributed by atoms with Gasteiger partial charge in [-0.05, 0) is 43.4 Å². The summed E-state index contributed by atoms with van der Waals surface area (Å²) in [6.07, 6.45) is 7.16. The molecule has 0 amide bonds. The summed E-state index contributed by atoms with van der Waals surface area (Å²) >= 11 is 0. The Balaban J connectivity index is 2.03. The molecule has 3 nitrogen and oxygen atoms in total. The van der Waals surface area contributed by atoms with E-state index in [9.17, 15) is 0 Å². The van der Waals surface area contributed by atoms with Crippen molar-refractivity contribution in [3.63, 3.8) is 0 Å². The molecule has 0 aromatic carbocycles. The maximum atomic E-state index is 4.57. The SMILES string of the molecule is CCCNc1ccc(C2CCCCN2CC(C)C)cn1. The molecule has 1 unspecified atom stereocenters. The lowest BCUT2D eigenvalue weighted by molar-refractivity contribution is 0.132. The highest BCUT2D eigenvalue weighted by atomic mass is 15.2. The van der Waals surface area contributed by atoms with E-state index >= 15 is 0 Å². The number of hydrogen-bond acceptors (Lipinski definition) is 3. The number of piperidine rings is 1. The maximum absolute atomic E-state index is 4.57. The molecule has 3 heteroatoms. The van der Waals surface area contributed by atoms with Crippen LogP contribution in [0.25, 0.3) is 0 Å². The van der Waals surface area contributed by atoms with Crippen LogP contribution in [0, 0.1) is 5.92 Å². The second-order valence-corrected chi connectivity index (χ2v) is 6.30. The van der Waals surface area contributed by atoms with Crippen LogP contribution in [0.4, 0.5) is 5.82 Å². The molecule has 0 aliphatic carbocycles. The summed E-state index contributed by atoms with van der Waals surface area (Å²) in [5.74, 6) is 1.73. The van der Waals surface area contributed by atoms with Crippen molar-refractivity contribution in [1.82, 2.24) is 9.88 Å². The van der Waals surface area contributed by atoms with Crippen molar-refractivity contribution in [2.24, 2.45) is 5.92 Å². The highest BCUT2D eigenvalue weighted by Gasteiger charge is 2.24. The largest absolute Gasteiger partial charge is 0.370 e. The van der Waals surface area contributed by atoms with Crippen molar-refractivity contribution in [3.8, 4) is 0 Å². The first-order chi connectivity index (χ1) is 9.70. The fourth-order valence-electron chi connectivity index (χ4n) is 3.02. The second-order valence-electron chi connectivity index (χ2n) is 6.30. The Kier molecular flexibility index (Phi) is 5.84. The normalized spacial score (nSPS) is 20.3. The number of nitrogens with zero attached hydrogens (tertiary/aromatic N) is 2. The molecule has 112 valence electrons. The van der Waals surface area contributed by atoms with E-state index in [1.165, 1.54) is 37.9 Å². The van der Waals surface area contributed by atoms with Crippen molar-refractivity contribution in [2.45, 2.75) is 52.5 Å². The quantitative estimate of drug-likeness (QED) is 0.847. The molecule has 1 N–H and O–H groups in total. The molecule has 1 fully saturated rings. The van der Waals surface area contributed by atoms with Crippen molar-refractivity contribution < 1.29 is 0 Å². The maximum Gasteiger partial charge on any atom is 0.125 e. The zero-order chi connectivity index (χ0) is 14.4. The van der Waals surface area contributed by atoms with Crippen molar-refractivity contribution in [2.75, 3.05) is 25.0 Å². The van der Waals surface area contributed by atoms with Crippen LogP contribution >= 0.6 is 0 Å². The molecule has 1 aliphatic heterocycles. The Morgan fingerprint density at radius 3 is 2.85 bits per heavy atom. The average molecular weight is 275 g/mol. The first-order valence-corrected chi connectivity index (χ1v) is 8.14. The van der Waals surface area contributed by atoms with Gasteiger partial charge in [-0.3, -0.25) is 4.90 Å². The van der Waals surface area contributed by atoms with E-state index in [2.05, 4.69) is 54.3 Å². The number of aromatic nitrogens is 1. The predicted octanol–water partition coefficient (Wildman–Crippen LogP) is 4.09. The molecule has 0 bridgehead atoms. The van der Waals surface area contributed by atoms with Crippen LogP contribution < -0.4 is 5.32 Å². The highest BCUT2D eigenvalue weighted by Crippen LogP contribution is 2.31. The lowest BCUT2D eigenvalue weighted by Crippen LogP contribution is -2.36. The van der Waals surface area contributed by atoms with E-state index < -0.39 is 0 Å². The number of hydrogen-bond donors (Lipinski definition) is 1. The third-order valence-electron chi connectivity index (χ3n) is 3.94. The summed E-state index contributed by atoms with van der Waals surface area (Å²) in [6.45, 7) is 10.2. The topological polar surface area (TPSA) is 28.2 Å². The minimum absolute atomic E-state index is 0.568. The Morgan fingerprint density at radius 2 is 2.20 bits per heavy atom. The predicted molar refractivity (Wildman–Crippen MR) is 86.0 cm³/mol. The van der Waals surface area contributed by atoms with Gasteiger partial charge in [0.1, 0.15) is 5.82 Å². The molecule has 1 atom stereocenters. The first kappa shape index (κ1) is 15.3. The van der Waals surface area contributed by atoms with Crippen LogP contribution in [0.2, 0.25) is 0 Å². The van der Waals surface area contributed by atoms with Crippen LogP contribution in [0.3, 0.4) is 0 Å². The van der Waals surface area contributed by atoms with Gasteiger partial charge in [0.2, 0.25) is 0 Å². The van der Waals surface area contributed by atoms with E-state index in [1.54, 1.807) is 0 Å². The third-order valence-corrected chi connectivity index (χ3v) is 3.94. The lowest BCUT2D eigenvalue weighted by Gasteiger charge is -2.37. The molecule has 20 heavy (non-hydrogen) atoms. The van der Waals surface area contributed by atoms with E-state index in [-0.39, 0.29) is 0 Å². The Morgan fingerprint density at radius 1 is 1.35 bits per heavy atom. The van der Waals surface area contributed by atoms with Crippen LogP contribution in [0.1, 0.15) is 58.1 Å². The summed E-state index contributed by atoms with van der Waals surface area (Å²) in [5.41, 5.74) is 1.38. The number of rotatable bonds is 6. The molecule has 2 heterocycles. The fraction of sp³-hybridized carbons (Fsp3) is 0.706. The van der Waals surface area contributed by atoms with Gasteiger partial charge in [0.15, 0.2) is 0 Å². The number of likely N-dealkylation sites (tertiary alicyclic amines) is 1. The van der Waals surface area contributed by atoms with Crippen LogP contribution in [0.5, 0.6) is 0 Å². The minimum atomic E-state index is 0.568. The zero-order valence-electron chi connectivity index (χ0n) is 13.2. The third kappa shape index (κ3) is 4.20. The van der Waals surface area contributed by atoms with Gasteiger partial charge in [-0.15, -0.1) is 0 Å². The van der Waals surface area contributed by atoms with Gasteiger partial charge < -0.3 is 5.32 Å². The molecule has 2 rings (SSSR count). The standard InChI is InChI=1S/C17H29N3/c1-4-10-18-17-9-8-15(12-19-17)16-7-5-6-11-20(16)13-14(2)3/h8-9,12,14,16H,4-7,10-11,13H2,1-3H3,(H,18,19). The van der Waals surface area contributed by atoms with E-state index in [0.29, 0.717) is 6.04 Å². The number of pyridine rings is 1. The van der Waals surface area contributed by atoms with Gasteiger partial charge in [0.05, 0.1) is 0 Å². The van der Waals surface area contributed by atoms with Gasteiger partial charge in [0, 0.05) is 25.3 Å². The molecule has 0 radical (unpaired) electrons. The summed E-state index contributed by atoms with van der Waals surface area (Å²) in [4.78, 5) is 7.21. The lowest BCUT2D eigenvalue weighted by atomic mass is 9.95. The highest BCUT2D eigenvalue weighted by molar-refractivity contribution is 5.36. The molecule has 1 aliphatic rings. The smallest absolute Gasteiger partial charge is 0.125 e. The molecule has 0 saturated carbocycles. The molecule has 0 spiro atoms. The Hall–Kier alpha value is -1.09. The molecule has 1 saturated heterocycles. The van der Waals surface area contributed by atoms with Crippen LogP contribution in [-0.4, -0.2) is 29.5 Å². The van der Waals surface area contributed by atoms with Crippen molar-refractivity contribution in [3.05, 3.63) is 23.9 Å². The second kappa shape index (κ2) is 7.63. The van der Waals surface area contributed by atoms with Crippen molar-refractivity contribution >= 4 is 5.82 Å². The Labute approximate surface area is 123 Å². The van der Waals surface area contributed by atoms with Crippen molar-refractivity contribution in [1.29, 1.82) is 0 Å². The van der Waals surface area contributed by atoms with Gasteiger partial charge >= 0.3 is 0 Å². The molecular weight excluding hydrogens is 246 g/mol. The molecule has 1 aromatic rings. The first-order valence-electron chi connectivity index (χ1n) is 8.14. The van der Waals surface area contributed by atoms with Gasteiger partial charge in [-0.1, -0.05) is 33.3 Å². The minimum Gasteiger partial charge on any atom is -0.370 e.